The molecule has 0 bridgehead atoms. The molecule has 0 saturated heterocycles. The van der Waals surface area contributed by atoms with Gasteiger partial charge in [0.2, 0.25) is 0 Å². The molecule has 86 valence electrons. The Kier molecular flexibility index (Phi) is 3.67. The van der Waals surface area contributed by atoms with E-state index in [0.717, 1.165) is 10.3 Å². The average Bonchev–Trinajstić information content (AvgIpc) is 2.88. The Morgan fingerprint density at radius 3 is 3.06 bits per heavy atom. The molecule has 0 spiro atoms. The molecule has 2 aromatic heterocycles. The quantitative estimate of drug-likeness (QED) is 0.936. The fraction of sp³-hybridized carbons (Fsp3) is 0.444. The predicted molar refractivity (Wildman–Crippen MR) is 66.4 cm³/mol. The van der Waals surface area contributed by atoms with E-state index < -0.39 is 0 Å². The summed E-state index contributed by atoms with van der Waals surface area (Å²) in [6.07, 6.45) is 0. The van der Waals surface area contributed by atoms with Crippen molar-refractivity contribution in [1.82, 2.24) is 25.5 Å². The van der Waals surface area contributed by atoms with Crippen molar-refractivity contribution in [1.29, 1.82) is 0 Å². The predicted octanol–water partition coefficient (Wildman–Crippen LogP) is 1.83. The van der Waals surface area contributed by atoms with E-state index in [-0.39, 0.29) is 6.04 Å². The van der Waals surface area contributed by atoms with Crippen LogP contribution in [0.1, 0.15) is 23.7 Å². The minimum absolute atomic E-state index is 0.147. The number of hydrogen-bond acceptors (Lipinski definition) is 5. The van der Waals surface area contributed by atoms with Gasteiger partial charge in [0.05, 0.1) is 12.6 Å². The topological polar surface area (TPSA) is 55.6 Å². The first-order valence-electron chi connectivity index (χ1n) is 4.87. The highest BCUT2D eigenvalue weighted by Gasteiger charge is 2.14. The lowest BCUT2D eigenvalue weighted by atomic mass is 10.3. The molecule has 7 heteroatoms. The van der Waals surface area contributed by atoms with Gasteiger partial charge < -0.3 is 5.32 Å². The monoisotopic (exact) mass is 301 g/mol. The van der Waals surface area contributed by atoms with Gasteiger partial charge in [-0.15, -0.1) is 16.4 Å². The van der Waals surface area contributed by atoms with Crippen molar-refractivity contribution in [2.45, 2.75) is 19.5 Å². The minimum Gasteiger partial charge on any atom is -0.311 e. The maximum Gasteiger partial charge on any atom is 0.168 e. The summed E-state index contributed by atoms with van der Waals surface area (Å²) in [7, 11) is 1.89. The van der Waals surface area contributed by atoms with Crippen LogP contribution < -0.4 is 5.32 Å². The zero-order chi connectivity index (χ0) is 11.5. The highest BCUT2D eigenvalue weighted by molar-refractivity contribution is 9.10. The SMILES string of the molecule is CNC(C)c1nnnn1Cc1sccc1Br. The largest absolute Gasteiger partial charge is 0.311 e. The summed E-state index contributed by atoms with van der Waals surface area (Å²) >= 11 is 5.20. The molecule has 2 aromatic rings. The fourth-order valence-corrected chi connectivity index (χ4v) is 2.80. The van der Waals surface area contributed by atoms with Gasteiger partial charge in [-0.25, -0.2) is 4.68 Å². The van der Waals surface area contributed by atoms with E-state index in [1.807, 2.05) is 30.1 Å². The lowest BCUT2D eigenvalue weighted by Crippen LogP contribution is -2.18. The molecule has 0 aliphatic heterocycles. The Morgan fingerprint density at radius 2 is 2.44 bits per heavy atom. The van der Waals surface area contributed by atoms with Crippen LogP contribution in [0.2, 0.25) is 0 Å². The van der Waals surface area contributed by atoms with Gasteiger partial charge >= 0.3 is 0 Å². The fourth-order valence-electron chi connectivity index (χ4n) is 1.34. The molecule has 0 amide bonds. The molecule has 1 unspecified atom stereocenters. The molecule has 0 radical (unpaired) electrons. The molecule has 5 nitrogen and oxygen atoms in total. The zero-order valence-electron chi connectivity index (χ0n) is 9.01. The van der Waals surface area contributed by atoms with E-state index in [0.29, 0.717) is 6.54 Å². The van der Waals surface area contributed by atoms with E-state index in [4.69, 9.17) is 0 Å². The molecule has 0 aromatic carbocycles. The molecule has 0 saturated carbocycles. The first-order valence-corrected chi connectivity index (χ1v) is 6.55. The van der Waals surface area contributed by atoms with Crippen LogP contribution in [0.4, 0.5) is 0 Å². The first-order chi connectivity index (χ1) is 7.72. The van der Waals surface area contributed by atoms with Crippen LogP contribution in [-0.4, -0.2) is 27.3 Å². The Labute approximate surface area is 106 Å². The number of rotatable bonds is 4. The van der Waals surface area contributed by atoms with Crippen molar-refractivity contribution in [3.05, 3.63) is 26.6 Å². The summed E-state index contributed by atoms with van der Waals surface area (Å²) in [5, 5.41) is 16.9. The van der Waals surface area contributed by atoms with Crippen LogP contribution in [0, 0.1) is 0 Å². The molecule has 0 fully saturated rings. The van der Waals surface area contributed by atoms with Crippen molar-refractivity contribution < 1.29 is 0 Å². The van der Waals surface area contributed by atoms with Crippen LogP contribution in [0.25, 0.3) is 0 Å². The van der Waals surface area contributed by atoms with Crippen molar-refractivity contribution >= 4 is 27.3 Å². The van der Waals surface area contributed by atoms with Crippen molar-refractivity contribution in [2.75, 3.05) is 7.05 Å². The molecular formula is C9H12BrN5S. The second-order valence-electron chi connectivity index (χ2n) is 3.40. The van der Waals surface area contributed by atoms with Crippen molar-refractivity contribution in [3.8, 4) is 0 Å². The van der Waals surface area contributed by atoms with Gasteiger partial charge in [-0.3, -0.25) is 0 Å². The third-order valence-corrected chi connectivity index (χ3v) is 4.28. The molecule has 0 aliphatic carbocycles. The van der Waals surface area contributed by atoms with Gasteiger partial charge in [-0.2, -0.15) is 0 Å². The van der Waals surface area contributed by atoms with E-state index in [1.54, 1.807) is 11.3 Å². The van der Waals surface area contributed by atoms with Crippen LogP contribution >= 0.6 is 27.3 Å². The van der Waals surface area contributed by atoms with Crippen molar-refractivity contribution in [3.63, 3.8) is 0 Å². The number of thiophene rings is 1. The lowest BCUT2D eigenvalue weighted by Gasteiger charge is -2.09. The normalized spacial score (nSPS) is 12.9. The number of tetrazole rings is 1. The van der Waals surface area contributed by atoms with Crippen LogP contribution in [0.3, 0.4) is 0 Å². The summed E-state index contributed by atoms with van der Waals surface area (Å²) in [5.74, 6) is 0.850. The maximum absolute atomic E-state index is 4.03. The summed E-state index contributed by atoms with van der Waals surface area (Å²) in [5.41, 5.74) is 0. The van der Waals surface area contributed by atoms with Gasteiger partial charge in [-0.1, -0.05) is 0 Å². The van der Waals surface area contributed by atoms with Gasteiger partial charge in [0.25, 0.3) is 0 Å². The second kappa shape index (κ2) is 5.03. The number of aromatic nitrogens is 4. The molecular weight excluding hydrogens is 290 g/mol. The minimum atomic E-state index is 0.147. The summed E-state index contributed by atoms with van der Waals surface area (Å²) in [6.45, 7) is 2.73. The first kappa shape index (κ1) is 11.7. The molecule has 2 rings (SSSR count). The zero-order valence-corrected chi connectivity index (χ0v) is 11.4. The summed E-state index contributed by atoms with van der Waals surface area (Å²) in [4.78, 5) is 1.22. The van der Waals surface area contributed by atoms with Gasteiger partial charge in [0, 0.05) is 9.35 Å². The molecule has 1 N–H and O–H groups in total. The highest BCUT2D eigenvalue weighted by Crippen LogP contribution is 2.23. The third kappa shape index (κ3) is 2.31. The molecule has 16 heavy (non-hydrogen) atoms. The maximum atomic E-state index is 4.03. The smallest absolute Gasteiger partial charge is 0.168 e. The third-order valence-electron chi connectivity index (χ3n) is 2.36. The number of halogens is 1. The number of nitrogens with one attached hydrogen (secondary N) is 1. The van der Waals surface area contributed by atoms with E-state index in [1.165, 1.54) is 4.88 Å². The Balaban J connectivity index is 2.22. The average molecular weight is 302 g/mol. The van der Waals surface area contributed by atoms with Crippen LogP contribution in [-0.2, 0) is 6.54 Å². The summed E-state index contributed by atoms with van der Waals surface area (Å²) in [6, 6.07) is 2.18. The van der Waals surface area contributed by atoms with Crippen LogP contribution in [0.15, 0.2) is 15.9 Å². The van der Waals surface area contributed by atoms with Gasteiger partial charge in [-0.05, 0) is 51.8 Å². The summed E-state index contributed by atoms with van der Waals surface area (Å²) < 4.78 is 2.92. The van der Waals surface area contributed by atoms with Crippen molar-refractivity contribution in [2.24, 2.45) is 0 Å². The molecule has 2 heterocycles. The molecule has 1 atom stereocenters. The molecule has 0 aliphatic rings. The van der Waals surface area contributed by atoms with Gasteiger partial charge in [0.15, 0.2) is 5.82 Å². The second-order valence-corrected chi connectivity index (χ2v) is 5.25. The standard InChI is InChI=1S/C9H12BrN5S/c1-6(11-2)9-12-13-14-15(9)5-8-7(10)3-4-16-8/h3-4,6,11H,5H2,1-2H3. The number of nitrogens with zero attached hydrogens (tertiary/aromatic N) is 4. The lowest BCUT2D eigenvalue weighted by molar-refractivity contribution is 0.542. The van der Waals surface area contributed by atoms with E-state index in [2.05, 4.69) is 36.8 Å². The van der Waals surface area contributed by atoms with E-state index in [9.17, 15) is 0 Å². The van der Waals surface area contributed by atoms with E-state index >= 15 is 0 Å². The Bertz CT molecular complexity index is 466. The number of hydrogen-bond donors (Lipinski definition) is 1. The van der Waals surface area contributed by atoms with Crippen LogP contribution in [0.5, 0.6) is 0 Å². The van der Waals surface area contributed by atoms with Gasteiger partial charge in [0.1, 0.15) is 0 Å². The Hall–Kier alpha value is -0.790. The Morgan fingerprint density at radius 1 is 1.62 bits per heavy atom. The highest BCUT2D eigenvalue weighted by atomic mass is 79.9.